The average molecular weight is 449 g/mol. The lowest BCUT2D eigenvalue weighted by Crippen LogP contribution is -2.52. The Morgan fingerprint density at radius 1 is 1.06 bits per heavy atom. The van der Waals surface area contributed by atoms with E-state index in [-0.39, 0.29) is 43.3 Å². The highest BCUT2D eigenvalue weighted by Crippen LogP contribution is 2.30. The molecule has 2 aliphatic heterocycles. The van der Waals surface area contributed by atoms with Crippen molar-refractivity contribution >= 4 is 29.6 Å². The van der Waals surface area contributed by atoms with Crippen molar-refractivity contribution in [3.05, 3.63) is 70.8 Å². The second-order valence-corrected chi connectivity index (χ2v) is 8.09. The fourth-order valence-electron chi connectivity index (χ4n) is 4.28. The molecule has 9 nitrogen and oxygen atoms in total. The SMILES string of the molecule is O=C(O)CN(CCc1ccccc1)C(=O)c1cccc2c1CN(C1CCC(=O)NC1=O)C2=O. The van der Waals surface area contributed by atoms with Crippen LogP contribution >= 0.6 is 0 Å². The van der Waals surface area contributed by atoms with Gasteiger partial charge in [0, 0.05) is 30.6 Å². The zero-order valence-electron chi connectivity index (χ0n) is 17.8. The van der Waals surface area contributed by atoms with E-state index in [9.17, 15) is 29.1 Å². The first-order valence-corrected chi connectivity index (χ1v) is 10.7. The largest absolute Gasteiger partial charge is 0.480 e. The number of rotatable bonds is 7. The summed E-state index contributed by atoms with van der Waals surface area (Å²) in [5, 5.41) is 11.6. The third-order valence-corrected chi connectivity index (χ3v) is 5.94. The number of nitrogens with one attached hydrogen (secondary N) is 1. The second kappa shape index (κ2) is 9.23. The Kier molecular flexibility index (Phi) is 6.21. The van der Waals surface area contributed by atoms with E-state index in [1.54, 1.807) is 18.2 Å². The van der Waals surface area contributed by atoms with Crippen LogP contribution in [-0.2, 0) is 27.3 Å². The van der Waals surface area contributed by atoms with E-state index >= 15 is 0 Å². The first-order chi connectivity index (χ1) is 15.8. The molecule has 2 N–H and O–H groups in total. The summed E-state index contributed by atoms with van der Waals surface area (Å²) < 4.78 is 0. The predicted molar refractivity (Wildman–Crippen MR) is 116 cm³/mol. The second-order valence-electron chi connectivity index (χ2n) is 8.09. The molecular weight excluding hydrogens is 426 g/mol. The van der Waals surface area contributed by atoms with Gasteiger partial charge in [-0.3, -0.25) is 29.3 Å². The van der Waals surface area contributed by atoms with Crippen molar-refractivity contribution in [2.24, 2.45) is 0 Å². The molecule has 33 heavy (non-hydrogen) atoms. The van der Waals surface area contributed by atoms with E-state index in [0.29, 0.717) is 17.5 Å². The van der Waals surface area contributed by atoms with Crippen LogP contribution in [0.4, 0.5) is 0 Å². The Morgan fingerprint density at radius 3 is 2.52 bits per heavy atom. The molecule has 0 radical (unpaired) electrons. The van der Waals surface area contributed by atoms with Gasteiger partial charge >= 0.3 is 5.97 Å². The lowest BCUT2D eigenvalue weighted by Gasteiger charge is -2.29. The number of hydrogen-bond acceptors (Lipinski definition) is 5. The summed E-state index contributed by atoms with van der Waals surface area (Å²) in [5.74, 6) is -2.91. The highest BCUT2D eigenvalue weighted by atomic mass is 16.4. The van der Waals surface area contributed by atoms with E-state index in [4.69, 9.17) is 0 Å². The zero-order chi connectivity index (χ0) is 23.5. The molecule has 9 heteroatoms. The van der Waals surface area contributed by atoms with E-state index in [1.807, 2.05) is 30.3 Å². The molecular formula is C24H23N3O6. The number of nitrogens with zero attached hydrogens (tertiary/aromatic N) is 2. The van der Waals surface area contributed by atoms with E-state index < -0.39 is 30.4 Å². The highest BCUT2D eigenvalue weighted by molar-refractivity contribution is 6.08. The molecule has 4 amide bonds. The van der Waals surface area contributed by atoms with Crippen LogP contribution in [0.15, 0.2) is 48.5 Å². The Morgan fingerprint density at radius 2 is 1.82 bits per heavy atom. The highest BCUT2D eigenvalue weighted by Gasteiger charge is 2.40. The van der Waals surface area contributed by atoms with Gasteiger partial charge in [-0.1, -0.05) is 36.4 Å². The first-order valence-electron chi connectivity index (χ1n) is 10.7. The van der Waals surface area contributed by atoms with Gasteiger partial charge in [-0.15, -0.1) is 0 Å². The number of piperidine rings is 1. The monoisotopic (exact) mass is 449 g/mol. The number of imide groups is 1. The zero-order valence-corrected chi connectivity index (χ0v) is 17.8. The smallest absolute Gasteiger partial charge is 0.323 e. The molecule has 1 unspecified atom stereocenters. The summed E-state index contributed by atoms with van der Waals surface area (Å²) in [7, 11) is 0. The molecule has 2 aliphatic rings. The van der Waals surface area contributed by atoms with Crippen LogP contribution in [-0.4, -0.2) is 63.6 Å². The average Bonchev–Trinajstić information content (AvgIpc) is 3.13. The number of carbonyl (C=O) groups excluding carboxylic acids is 4. The van der Waals surface area contributed by atoms with Crippen LogP contribution in [0.3, 0.4) is 0 Å². The van der Waals surface area contributed by atoms with Gasteiger partial charge < -0.3 is 14.9 Å². The number of fused-ring (bicyclic) bond motifs is 1. The van der Waals surface area contributed by atoms with Gasteiger partial charge in [0.15, 0.2) is 0 Å². The van der Waals surface area contributed by atoms with Crippen molar-refractivity contribution in [3.63, 3.8) is 0 Å². The third-order valence-electron chi connectivity index (χ3n) is 5.94. The van der Waals surface area contributed by atoms with E-state index in [0.717, 1.165) is 5.56 Å². The van der Waals surface area contributed by atoms with Crippen molar-refractivity contribution in [3.8, 4) is 0 Å². The standard InChI is InChI=1S/C24H23N3O6/c28-20-10-9-19(22(31)25-20)27-13-18-16(7-4-8-17(18)24(27)33)23(32)26(14-21(29)30)12-11-15-5-2-1-3-6-15/h1-8,19H,9-14H2,(H,29,30)(H,25,28,31). The number of amides is 4. The van der Waals surface area contributed by atoms with Crippen molar-refractivity contribution in [2.75, 3.05) is 13.1 Å². The number of hydrogen-bond donors (Lipinski definition) is 2. The Labute approximate surface area is 190 Å². The van der Waals surface area contributed by atoms with Gasteiger partial charge in [-0.2, -0.15) is 0 Å². The molecule has 0 aliphatic carbocycles. The van der Waals surface area contributed by atoms with Gasteiger partial charge in [-0.05, 0) is 36.1 Å². The molecule has 170 valence electrons. The van der Waals surface area contributed by atoms with Gasteiger partial charge in [-0.25, -0.2) is 0 Å². The van der Waals surface area contributed by atoms with Crippen molar-refractivity contribution in [2.45, 2.75) is 31.8 Å². The van der Waals surface area contributed by atoms with Crippen LogP contribution in [0.5, 0.6) is 0 Å². The summed E-state index contributed by atoms with van der Waals surface area (Å²) in [6.45, 7) is -0.230. The van der Waals surface area contributed by atoms with Crippen LogP contribution in [0, 0.1) is 0 Å². The van der Waals surface area contributed by atoms with Crippen molar-refractivity contribution in [1.82, 2.24) is 15.1 Å². The molecule has 0 saturated carbocycles. The lowest BCUT2D eigenvalue weighted by molar-refractivity contribution is -0.138. The number of carbonyl (C=O) groups is 5. The maximum atomic E-state index is 13.4. The first kappa shape index (κ1) is 22.2. The number of aliphatic carboxylic acids is 1. The van der Waals surface area contributed by atoms with Gasteiger partial charge in [0.05, 0.1) is 0 Å². The summed E-state index contributed by atoms with van der Waals surface area (Å²) in [5.41, 5.74) is 1.99. The Bertz CT molecular complexity index is 1130. The molecule has 4 rings (SSSR count). The molecule has 2 heterocycles. The van der Waals surface area contributed by atoms with Crippen LogP contribution in [0.1, 0.15) is 44.7 Å². The van der Waals surface area contributed by atoms with E-state index in [2.05, 4.69) is 5.32 Å². The number of benzene rings is 2. The van der Waals surface area contributed by atoms with Gasteiger partial charge in [0.1, 0.15) is 12.6 Å². The van der Waals surface area contributed by atoms with Crippen molar-refractivity contribution in [1.29, 1.82) is 0 Å². The predicted octanol–water partition coefficient (Wildman–Crippen LogP) is 1.22. The quantitative estimate of drug-likeness (QED) is 0.613. The maximum Gasteiger partial charge on any atom is 0.323 e. The van der Waals surface area contributed by atoms with Crippen molar-refractivity contribution < 1.29 is 29.1 Å². The molecule has 2 aromatic rings. The summed E-state index contributed by atoms with van der Waals surface area (Å²) >= 11 is 0. The molecule has 1 saturated heterocycles. The molecule has 2 aromatic carbocycles. The topological polar surface area (TPSA) is 124 Å². The summed E-state index contributed by atoms with van der Waals surface area (Å²) in [6, 6.07) is 13.4. The minimum atomic E-state index is -1.13. The molecule has 0 spiro atoms. The summed E-state index contributed by atoms with van der Waals surface area (Å²) in [4.78, 5) is 64.2. The molecule has 0 aromatic heterocycles. The summed E-state index contributed by atoms with van der Waals surface area (Å²) in [6.07, 6.45) is 0.834. The van der Waals surface area contributed by atoms with Gasteiger partial charge in [0.2, 0.25) is 11.8 Å². The Balaban J connectivity index is 1.57. The normalized spacial score (nSPS) is 17.5. The fraction of sp³-hybridized carbons (Fsp3) is 0.292. The fourth-order valence-corrected chi connectivity index (χ4v) is 4.28. The number of carboxylic acids is 1. The van der Waals surface area contributed by atoms with Gasteiger partial charge in [0.25, 0.3) is 11.8 Å². The van der Waals surface area contributed by atoms with E-state index in [1.165, 1.54) is 9.80 Å². The minimum Gasteiger partial charge on any atom is -0.480 e. The molecule has 1 fully saturated rings. The third kappa shape index (κ3) is 4.62. The minimum absolute atomic E-state index is 0.0436. The maximum absolute atomic E-state index is 13.4. The number of carboxylic acid groups (broad SMARTS) is 1. The van der Waals surface area contributed by atoms with Crippen LogP contribution in [0.25, 0.3) is 0 Å². The molecule has 0 bridgehead atoms. The Hall–Kier alpha value is -4.01. The van der Waals surface area contributed by atoms with Crippen LogP contribution in [0.2, 0.25) is 0 Å². The lowest BCUT2D eigenvalue weighted by atomic mass is 10.0. The molecule has 1 atom stereocenters. The van der Waals surface area contributed by atoms with Crippen LogP contribution < -0.4 is 5.32 Å².